The number of nitrogens with two attached hydrogens (primary N) is 1. The topological polar surface area (TPSA) is 26.0 Å². The Kier molecular flexibility index (Phi) is 3.42. The molecule has 0 bridgehead atoms. The fraction of sp³-hybridized carbons (Fsp3) is 0.182. The first-order chi connectivity index (χ1) is 11.2. The minimum absolute atomic E-state index is 0.968. The second kappa shape index (κ2) is 5.58. The standard InChI is InChI=1S/C22H21N/c1-15-13-20-19-10-6-5-9-17(19)14-21(20)22(23)18(15)12-11-16-7-3-2-4-8-16/h2-10,13H,11-12,14,23H2,1H3. The predicted octanol–water partition coefficient (Wildman–Crippen LogP) is 4.93. The minimum atomic E-state index is 0.968. The van der Waals surface area contributed by atoms with E-state index in [0.717, 1.165) is 24.9 Å². The van der Waals surface area contributed by atoms with Gasteiger partial charge in [0.05, 0.1) is 0 Å². The molecular formula is C22H21N. The van der Waals surface area contributed by atoms with Crippen LogP contribution in [0.2, 0.25) is 0 Å². The van der Waals surface area contributed by atoms with Crippen molar-refractivity contribution >= 4 is 5.69 Å². The van der Waals surface area contributed by atoms with Crippen LogP contribution in [-0.2, 0) is 19.3 Å². The lowest BCUT2D eigenvalue weighted by atomic mass is 9.93. The lowest BCUT2D eigenvalue weighted by Crippen LogP contribution is -2.04. The summed E-state index contributed by atoms with van der Waals surface area (Å²) in [5, 5.41) is 0. The van der Waals surface area contributed by atoms with Crippen molar-refractivity contribution in [2.75, 3.05) is 5.73 Å². The van der Waals surface area contributed by atoms with Gasteiger partial charge in [-0.3, -0.25) is 0 Å². The molecule has 0 heterocycles. The summed E-state index contributed by atoms with van der Waals surface area (Å²) >= 11 is 0. The number of nitrogen functional groups attached to an aromatic ring is 1. The molecule has 1 nitrogen and oxygen atoms in total. The van der Waals surface area contributed by atoms with Crippen molar-refractivity contribution in [1.82, 2.24) is 0 Å². The van der Waals surface area contributed by atoms with E-state index in [1.165, 1.54) is 38.9 Å². The molecule has 0 fully saturated rings. The molecule has 1 aliphatic rings. The van der Waals surface area contributed by atoms with Crippen LogP contribution in [0.1, 0.15) is 27.8 Å². The summed E-state index contributed by atoms with van der Waals surface area (Å²) in [5.74, 6) is 0. The van der Waals surface area contributed by atoms with Gasteiger partial charge in [0.1, 0.15) is 0 Å². The Hall–Kier alpha value is -2.54. The van der Waals surface area contributed by atoms with Gasteiger partial charge < -0.3 is 5.73 Å². The summed E-state index contributed by atoms with van der Waals surface area (Å²) in [6, 6.07) is 21.6. The number of aryl methyl sites for hydroxylation is 2. The van der Waals surface area contributed by atoms with Gasteiger partial charge in [0.2, 0.25) is 0 Å². The summed E-state index contributed by atoms with van der Waals surface area (Å²) in [6.07, 6.45) is 3.01. The van der Waals surface area contributed by atoms with E-state index in [9.17, 15) is 0 Å². The Morgan fingerprint density at radius 3 is 2.43 bits per heavy atom. The van der Waals surface area contributed by atoms with Crippen LogP contribution in [0, 0.1) is 6.92 Å². The molecule has 2 N–H and O–H groups in total. The number of anilines is 1. The molecule has 0 spiro atoms. The lowest BCUT2D eigenvalue weighted by molar-refractivity contribution is 0.949. The molecular weight excluding hydrogens is 278 g/mol. The van der Waals surface area contributed by atoms with Crippen LogP contribution in [0.15, 0.2) is 60.7 Å². The van der Waals surface area contributed by atoms with Crippen molar-refractivity contribution in [2.45, 2.75) is 26.2 Å². The number of hydrogen-bond donors (Lipinski definition) is 1. The molecule has 0 unspecified atom stereocenters. The molecule has 0 atom stereocenters. The monoisotopic (exact) mass is 299 g/mol. The van der Waals surface area contributed by atoms with Crippen LogP contribution in [0.5, 0.6) is 0 Å². The quantitative estimate of drug-likeness (QED) is 0.533. The van der Waals surface area contributed by atoms with Crippen LogP contribution in [0.3, 0.4) is 0 Å². The number of benzene rings is 3. The van der Waals surface area contributed by atoms with Gasteiger partial charge in [-0.2, -0.15) is 0 Å². The van der Waals surface area contributed by atoms with Gasteiger partial charge in [-0.25, -0.2) is 0 Å². The van der Waals surface area contributed by atoms with E-state index >= 15 is 0 Å². The van der Waals surface area contributed by atoms with Gasteiger partial charge in [0.25, 0.3) is 0 Å². The van der Waals surface area contributed by atoms with Gasteiger partial charge in [0.15, 0.2) is 0 Å². The zero-order valence-electron chi connectivity index (χ0n) is 13.5. The third-order valence-corrected chi connectivity index (χ3v) is 4.99. The number of rotatable bonds is 3. The van der Waals surface area contributed by atoms with Crippen LogP contribution in [0.4, 0.5) is 5.69 Å². The van der Waals surface area contributed by atoms with Gasteiger partial charge in [-0.05, 0) is 58.7 Å². The fourth-order valence-electron chi connectivity index (χ4n) is 3.73. The van der Waals surface area contributed by atoms with Crippen molar-refractivity contribution < 1.29 is 0 Å². The van der Waals surface area contributed by atoms with Crippen LogP contribution in [-0.4, -0.2) is 0 Å². The molecule has 0 radical (unpaired) electrons. The molecule has 1 heteroatoms. The Morgan fingerprint density at radius 1 is 0.870 bits per heavy atom. The molecule has 0 aromatic heterocycles. The summed E-state index contributed by atoms with van der Waals surface area (Å²) in [6.45, 7) is 2.19. The third-order valence-electron chi connectivity index (χ3n) is 4.99. The second-order valence-corrected chi connectivity index (χ2v) is 6.43. The fourth-order valence-corrected chi connectivity index (χ4v) is 3.73. The van der Waals surface area contributed by atoms with Gasteiger partial charge in [0, 0.05) is 12.1 Å². The predicted molar refractivity (Wildman–Crippen MR) is 97.7 cm³/mol. The highest BCUT2D eigenvalue weighted by Crippen LogP contribution is 2.42. The summed E-state index contributed by atoms with van der Waals surface area (Å²) in [7, 11) is 0. The van der Waals surface area contributed by atoms with Crippen LogP contribution in [0.25, 0.3) is 11.1 Å². The average molecular weight is 299 g/mol. The molecule has 1 aliphatic carbocycles. The normalized spacial score (nSPS) is 12.0. The highest BCUT2D eigenvalue weighted by atomic mass is 14.6. The molecule has 0 saturated heterocycles. The maximum atomic E-state index is 6.58. The first-order valence-electron chi connectivity index (χ1n) is 8.27. The number of fused-ring (bicyclic) bond motifs is 3. The Balaban J connectivity index is 1.69. The van der Waals surface area contributed by atoms with Crippen molar-refractivity contribution in [3.8, 4) is 11.1 Å². The summed E-state index contributed by atoms with van der Waals surface area (Å²) < 4.78 is 0. The molecule has 23 heavy (non-hydrogen) atoms. The molecule has 0 aliphatic heterocycles. The second-order valence-electron chi connectivity index (χ2n) is 6.43. The highest BCUT2D eigenvalue weighted by Gasteiger charge is 2.22. The van der Waals surface area contributed by atoms with E-state index < -0.39 is 0 Å². The van der Waals surface area contributed by atoms with Crippen LogP contribution < -0.4 is 5.73 Å². The third kappa shape index (κ3) is 2.43. The molecule has 0 amide bonds. The maximum absolute atomic E-state index is 6.58. The molecule has 3 aromatic rings. The SMILES string of the molecule is Cc1cc2c(c(N)c1CCc1ccccc1)Cc1ccccc1-2. The number of hydrogen-bond acceptors (Lipinski definition) is 1. The molecule has 0 saturated carbocycles. The first kappa shape index (κ1) is 14.1. The molecule has 4 rings (SSSR count). The zero-order valence-corrected chi connectivity index (χ0v) is 13.5. The Morgan fingerprint density at radius 2 is 1.61 bits per heavy atom. The van der Waals surface area contributed by atoms with E-state index in [4.69, 9.17) is 5.73 Å². The first-order valence-corrected chi connectivity index (χ1v) is 8.27. The van der Waals surface area contributed by atoms with Gasteiger partial charge in [-0.1, -0.05) is 60.7 Å². The largest absolute Gasteiger partial charge is 0.398 e. The highest BCUT2D eigenvalue weighted by molar-refractivity contribution is 5.83. The summed E-state index contributed by atoms with van der Waals surface area (Å²) in [4.78, 5) is 0. The van der Waals surface area contributed by atoms with E-state index in [2.05, 4.69) is 67.6 Å². The van der Waals surface area contributed by atoms with Gasteiger partial charge in [-0.15, -0.1) is 0 Å². The Labute approximate surface area is 137 Å². The minimum Gasteiger partial charge on any atom is -0.398 e. The van der Waals surface area contributed by atoms with Crippen molar-refractivity contribution in [1.29, 1.82) is 0 Å². The van der Waals surface area contributed by atoms with Crippen molar-refractivity contribution in [3.63, 3.8) is 0 Å². The van der Waals surface area contributed by atoms with E-state index in [0.29, 0.717) is 0 Å². The summed E-state index contributed by atoms with van der Waals surface area (Å²) in [5.41, 5.74) is 17.0. The zero-order chi connectivity index (χ0) is 15.8. The van der Waals surface area contributed by atoms with E-state index in [1.807, 2.05) is 0 Å². The van der Waals surface area contributed by atoms with E-state index in [-0.39, 0.29) is 0 Å². The van der Waals surface area contributed by atoms with Gasteiger partial charge >= 0.3 is 0 Å². The van der Waals surface area contributed by atoms with Crippen LogP contribution >= 0.6 is 0 Å². The Bertz CT molecular complexity index is 863. The maximum Gasteiger partial charge on any atom is 0.0391 e. The lowest BCUT2D eigenvalue weighted by Gasteiger charge is -2.15. The smallest absolute Gasteiger partial charge is 0.0391 e. The molecule has 3 aromatic carbocycles. The van der Waals surface area contributed by atoms with Crippen molar-refractivity contribution in [3.05, 3.63) is 88.5 Å². The molecule has 114 valence electrons. The van der Waals surface area contributed by atoms with Crippen molar-refractivity contribution in [2.24, 2.45) is 0 Å². The van der Waals surface area contributed by atoms with E-state index in [1.54, 1.807) is 0 Å². The average Bonchev–Trinajstić information content (AvgIpc) is 2.95.